The third-order valence-electron chi connectivity index (χ3n) is 1.67. The second-order valence-electron chi connectivity index (χ2n) is 2.74. The van der Waals surface area contributed by atoms with Crippen LogP contribution in [-0.4, -0.2) is 11.6 Å². The van der Waals surface area contributed by atoms with Crippen molar-refractivity contribution in [2.75, 3.05) is 6.61 Å². The first kappa shape index (κ1) is 10.8. The Hall–Kier alpha value is -1.26. The zero-order chi connectivity index (χ0) is 10.8. The van der Waals surface area contributed by atoms with E-state index in [-0.39, 0.29) is 5.75 Å². The fourth-order valence-electron chi connectivity index (χ4n) is 0.970. The molecule has 0 aliphatic carbocycles. The minimum absolute atomic E-state index is 0.183. The van der Waals surface area contributed by atoms with Gasteiger partial charge in [-0.05, 0) is 19.9 Å². The van der Waals surface area contributed by atoms with E-state index in [0.717, 1.165) is 12.3 Å². The van der Waals surface area contributed by atoms with Gasteiger partial charge in [0.2, 0.25) is 0 Å². The molecule has 0 radical (unpaired) electrons. The standard InChI is InChI=1S/C9H10F3NO/c1-3-14-8-4-7(9(10,11)12)5-13-6(8)2/h4-5H,3H2,1-2H3. The highest BCUT2D eigenvalue weighted by molar-refractivity contribution is 5.31. The van der Waals surface area contributed by atoms with Crippen LogP contribution < -0.4 is 4.74 Å². The lowest BCUT2D eigenvalue weighted by atomic mass is 10.2. The number of pyridine rings is 1. The van der Waals surface area contributed by atoms with Crippen LogP contribution in [0.4, 0.5) is 13.2 Å². The minimum atomic E-state index is -4.37. The highest BCUT2D eigenvalue weighted by atomic mass is 19.4. The molecule has 0 aliphatic heterocycles. The van der Waals surface area contributed by atoms with Gasteiger partial charge in [0.25, 0.3) is 0 Å². The van der Waals surface area contributed by atoms with Crippen molar-refractivity contribution in [2.45, 2.75) is 20.0 Å². The van der Waals surface area contributed by atoms with Gasteiger partial charge in [0, 0.05) is 6.20 Å². The van der Waals surface area contributed by atoms with E-state index in [9.17, 15) is 13.2 Å². The van der Waals surface area contributed by atoms with Crippen molar-refractivity contribution in [1.82, 2.24) is 4.98 Å². The lowest BCUT2D eigenvalue weighted by Crippen LogP contribution is -2.07. The fourth-order valence-corrected chi connectivity index (χ4v) is 0.970. The van der Waals surface area contributed by atoms with Crippen LogP contribution in [0.3, 0.4) is 0 Å². The molecule has 1 aromatic heterocycles. The summed E-state index contributed by atoms with van der Waals surface area (Å²) in [5.41, 5.74) is -0.327. The molecular formula is C9H10F3NO. The van der Waals surface area contributed by atoms with Crippen molar-refractivity contribution in [2.24, 2.45) is 0 Å². The summed E-state index contributed by atoms with van der Waals surface area (Å²) in [5.74, 6) is 0.183. The molecule has 0 fully saturated rings. The van der Waals surface area contributed by atoms with E-state index in [4.69, 9.17) is 4.74 Å². The van der Waals surface area contributed by atoms with Gasteiger partial charge in [0.15, 0.2) is 0 Å². The molecule has 0 N–H and O–H groups in total. The van der Waals surface area contributed by atoms with Crippen LogP contribution in [0.5, 0.6) is 5.75 Å². The molecule has 0 aromatic carbocycles. The third-order valence-corrected chi connectivity index (χ3v) is 1.67. The zero-order valence-electron chi connectivity index (χ0n) is 7.85. The quantitative estimate of drug-likeness (QED) is 0.740. The Morgan fingerprint density at radius 1 is 1.43 bits per heavy atom. The average molecular weight is 205 g/mol. The van der Waals surface area contributed by atoms with Gasteiger partial charge >= 0.3 is 6.18 Å². The summed E-state index contributed by atoms with van der Waals surface area (Å²) in [5, 5.41) is 0. The maximum absolute atomic E-state index is 12.2. The van der Waals surface area contributed by atoms with Gasteiger partial charge in [-0.15, -0.1) is 0 Å². The molecule has 14 heavy (non-hydrogen) atoms. The van der Waals surface area contributed by atoms with Gasteiger partial charge in [-0.25, -0.2) is 0 Å². The SMILES string of the molecule is CCOc1cc(C(F)(F)F)cnc1C. The third kappa shape index (κ3) is 2.37. The number of ether oxygens (including phenoxy) is 1. The highest BCUT2D eigenvalue weighted by Gasteiger charge is 2.31. The Morgan fingerprint density at radius 3 is 2.57 bits per heavy atom. The molecule has 0 spiro atoms. The lowest BCUT2D eigenvalue weighted by Gasteiger charge is -2.10. The largest absolute Gasteiger partial charge is 0.492 e. The van der Waals surface area contributed by atoms with Gasteiger partial charge in [-0.1, -0.05) is 0 Å². The number of rotatable bonds is 2. The number of halogens is 3. The zero-order valence-corrected chi connectivity index (χ0v) is 7.85. The van der Waals surface area contributed by atoms with Crippen molar-refractivity contribution < 1.29 is 17.9 Å². The number of hydrogen-bond acceptors (Lipinski definition) is 2. The number of aryl methyl sites for hydroxylation is 1. The molecule has 2 nitrogen and oxygen atoms in total. The van der Waals surface area contributed by atoms with Crippen LogP contribution in [0.25, 0.3) is 0 Å². The smallest absolute Gasteiger partial charge is 0.418 e. The van der Waals surface area contributed by atoms with E-state index in [0.29, 0.717) is 12.3 Å². The Morgan fingerprint density at radius 2 is 2.07 bits per heavy atom. The maximum atomic E-state index is 12.2. The summed E-state index contributed by atoms with van der Waals surface area (Å²) in [6.45, 7) is 3.63. The topological polar surface area (TPSA) is 22.1 Å². The fraction of sp³-hybridized carbons (Fsp3) is 0.444. The van der Waals surface area contributed by atoms with Crippen molar-refractivity contribution in [1.29, 1.82) is 0 Å². The summed E-state index contributed by atoms with van der Waals surface area (Å²) in [7, 11) is 0. The number of hydrogen-bond donors (Lipinski definition) is 0. The molecular weight excluding hydrogens is 195 g/mol. The molecule has 0 saturated carbocycles. The minimum Gasteiger partial charge on any atom is -0.492 e. The lowest BCUT2D eigenvalue weighted by molar-refractivity contribution is -0.138. The van der Waals surface area contributed by atoms with Crippen molar-refractivity contribution >= 4 is 0 Å². The summed E-state index contributed by atoms with van der Waals surface area (Å²) >= 11 is 0. The number of aromatic nitrogens is 1. The summed E-state index contributed by atoms with van der Waals surface area (Å²) in [6, 6.07) is 0.964. The predicted octanol–water partition coefficient (Wildman–Crippen LogP) is 2.81. The van der Waals surface area contributed by atoms with E-state index in [2.05, 4.69) is 4.98 Å². The van der Waals surface area contributed by atoms with Gasteiger partial charge < -0.3 is 4.74 Å². The van der Waals surface area contributed by atoms with E-state index >= 15 is 0 Å². The molecule has 78 valence electrons. The van der Waals surface area contributed by atoms with Gasteiger partial charge in [-0.3, -0.25) is 4.98 Å². The Labute approximate surface area is 79.7 Å². The van der Waals surface area contributed by atoms with E-state index in [1.807, 2.05) is 0 Å². The second kappa shape index (κ2) is 3.86. The molecule has 0 amide bonds. The van der Waals surface area contributed by atoms with Gasteiger partial charge in [-0.2, -0.15) is 13.2 Å². The Bertz CT molecular complexity index is 322. The highest BCUT2D eigenvalue weighted by Crippen LogP contribution is 2.31. The molecule has 0 aliphatic rings. The molecule has 1 heterocycles. The van der Waals surface area contributed by atoms with E-state index in [1.54, 1.807) is 13.8 Å². The Kier molecular flexibility index (Phi) is 2.98. The monoisotopic (exact) mass is 205 g/mol. The van der Waals surface area contributed by atoms with Crippen LogP contribution >= 0.6 is 0 Å². The Balaban J connectivity index is 3.06. The van der Waals surface area contributed by atoms with Crippen LogP contribution in [0, 0.1) is 6.92 Å². The van der Waals surface area contributed by atoms with Crippen molar-refractivity contribution in [3.63, 3.8) is 0 Å². The van der Waals surface area contributed by atoms with E-state index < -0.39 is 11.7 Å². The summed E-state index contributed by atoms with van der Waals surface area (Å²) in [6.07, 6.45) is -3.57. The summed E-state index contributed by atoms with van der Waals surface area (Å²) < 4.78 is 41.7. The maximum Gasteiger partial charge on any atom is 0.418 e. The van der Waals surface area contributed by atoms with Gasteiger partial charge in [0.1, 0.15) is 5.75 Å². The first-order valence-corrected chi connectivity index (χ1v) is 4.11. The molecule has 0 atom stereocenters. The first-order chi connectivity index (χ1) is 6.45. The molecule has 1 aromatic rings. The molecule has 0 saturated heterocycles. The summed E-state index contributed by atoms with van der Waals surface area (Å²) in [4.78, 5) is 3.62. The molecule has 5 heteroatoms. The average Bonchev–Trinajstić information content (AvgIpc) is 2.07. The first-order valence-electron chi connectivity index (χ1n) is 4.11. The number of nitrogens with zero attached hydrogens (tertiary/aromatic N) is 1. The van der Waals surface area contributed by atoms with Crippen LogP contribution in [-0.2, 0) is 6.18 Å². The molecule has 0 unspecified atom stereocenters. The van der Waals surface area contributed by atoms with Crippen LogP contribution in [0.1, 0.15) is 18.2 Å². The normalized spacial score (nSPS) is 11.5. The van der Waals surface area contributed by atoms with Crippen LogP contribution in [0.15, 0.2) is 12.3 Å². The van der Waals surface area contributed by atoms with Crippen molar-refractivity contribution in [3.8, 4) is 5.75 Å². The van der Waals surface area contributed by atoms with Crippen LogP contribution in [0.2, 0.25) is 0 Å². The van der Waals surface area contributed by atoms with E-state index in [1.165, 1.54) is 0 Å². The van der Waals surface area contributed by atoms with Gasteiger partial charge in [0.05, 0.1) is 17.9 Å². The molecule has 0 bridgehead atoms. The van der Waals surface area contributed by atoms with Crippen molar-refractivity contribution in [3.05, 3.63) is 23.5 Å². The number of alkyl halides is 3. The molecule has 1 rings (SSSR count). The predicted molar refractivity (Wildman–Crippen MR) is 45.1 cm³/mol. The second-order valence-corrected chi connectivity index (χ2v) is 2.74.